The molecular formula is C15H21FN2O2. The predicted octanol–water partition coefficient (Wildman–Crippen LogP) is 1.60. The molecule has 20 heavy (non-hydrogen) atoms. The summed E-state index contributed by atoms with van der Waals surface area (Å²) in [5.41, 5.74) is 0.494. The lowest BCUT2D eigenvalue weighted by Crippen LogP contribution is -2.43. The molecule has 0 saturated carbocycles. The number of hydrogen-bond acceptors (Lipinski definition) is 3. The van der Waals surface area contributed by atoms with Crippen LogP contribution >= 0.6 is 0 Å². The molecule has 1 aliphatic heterocycles. The lowest BCUT2D eigenvalue weighted by atomic mass is 10.1. The molecule has 1 aromatic rings. The fourth-order valence-corrected chi connectivity index (χ4v) is 2.28. The van der Waals surface area contributed by atoms with Crippen LogP contribution in [0.15, 0.2) is 24.3 Å². The van der Waals surface area contributed by atoms with Crippen molar-refractivity contribution < 1.29 is 13.9 Å². The third kappa shape index (κ3) is 4.28. The zero-order chi connectivity index (χ0) is 14.4. The van der Waals surface area contributed by atoms with E-state index < -0.39 is 0 Å². The Kier molecular flexibility index (Phi) is 5.49. The highest BCUT2D eigenvalue weighted by Gasteiger charge is 2.22. The summed E-state index contributed by atoms with van der Waals surface area (Å²) in [4.78, 5) is 11.7. The Morgan fingerprint density at radius 1 is 1.50 bits per heavy atom. The van der Waals surface area contributed by atoms with Crippen molar-refractivity contribution in [1.29, 1.82) is 0 Å². The maximum absolute atomic E-state index is 13.4. The molecule has 1 aliphatic rings. The maximum atomic E-state index is 13.4. The van der Waals surface area contributed by atoms with Gasteiger partial charge in [-0.05, 0) is 25.8 Å². The molecular weight excluding hydrogens is 259 g/mol. The molecule has 0 aliphatic carbocycles. The maximum Gasteiger partial charge on any atom is 0.234 e. The summed E-state index contributed by atoms with van der Waals surface area (Å²) in [6, 6.07) is 6.59. The van der Waals surface area contributed by atoms with Crippen molar-refractivity contribution >= 4 is 5.91 Å². The van der Waals surface area contributed by atoms with E-state index in [0.29, 0.717) is 5.56 Å². The van der Waals surface area contributed by atoms with Crippen LogP contribution in [0.25, 0.3) is 0 Å². The zero-order valence-corrected chi connectivity index (χ0v) is 11.7. The van der Waals surface area contributed by atoms with Crippen LogP contribution in [0.1, 0.15) is 25.3 Å². The predicted molar refractivity (Wildman–Crippen MR) is 74.7 cm³/mol. The zero-order valence-electron chi connectivity index (χ0n) is 11.7. The van der Waals surface area contributed by atoms with Gasteiger partial charge in [0.25, 0.3) is 0 Å². The van der Waals surface area contributed by atoms with Gasteiger partial charge in [0.1, 0.15) is 5.82 Å². The lowest BCUT2D eigenvalue weighted by molar-refractivity contribution is -0.120. The molecule has 0 bridgehead atoms. The molecule has 110 valence electrons. The second-order valence-electron chi connectivity index (χ2n) is 5.09. The number of halogens is 1. The van der Waals surface area contributed by atoms with Crippen LogP contribution in [-0.4, -0.2) is 31.2 Å². The summed E-state index contributed by atoms with van der Waals surface area (Å²) in [6.45, 7) is 3.24. The molecule has 0 radical (unpaired) electrons. The molecule has 0 aromatic heterocycles. The van der Waals surface area contributed by atoms with E-state index in [-0.39, 0.29) is 37.0 Å². The van der Waals surface area contributed by atoms with E-state index in [4.69, 9.17) is 4.74 Å². The fraction of sp³-hybridized carbons (Fsp3) is 0.533. The van der Waals surface area contributed by atoms with E-state index in [1.165, 1.54) is 6.07 Å². The lowest BCUT2D eigenvalue weighted by Gasteiger charge is -2.19. The first-order valence-corrected chi connectivity index (χ1v) is 7.02. The molecule has 1 fully saturated rings. The highest BCUT2D eigenvalue weighted by molar-refractivity contribution is 5.78. The average molecular weight is 280 g/mol. The smallest absolute Gasteiger partial charge is 0.234 e. The number of carbonyl (C=O) groups excluding carboxylic acids is 1. The summed E-state index contributed by atoms with van der Waals surface area (Å²) < 4.78 is 18.9. The third-order valence-corrected chi connectivity index (χ3v) is 3.54. The molecule has 1 saturated heterocycles. The van der Waals surface area contributed by atoms with Crippen molar-refractivity contribution in [1.82, 2.24) is 10.6 Å². The summed E-state index contributed by atoms with van der Waals surface area (Å²) in [6.07, 6.45) is 2.30. The normalized spacial score (nSPS) is 19.8. The third-order valence-electron chi connectivity index (χ3n) is 3.54. The minimum atomic E-state index is -0.298. The van der Waals surface area contributed by atoms with Gasteiger partial charge in [-0.1, -0.05) is 18.2 Å². The molecule has 1 aromatic carbocycles. The van der Waals surface area contributed by atoms with Crippen molar-refractivity contribution in [3.63, 3.8) is 0 Å². The van der Waals surface area contributed by atoms with Crippen molar-refractivity contribution in [2.24, 2.45) is 0 Å². The quantitative estimate of drug-likeness (QED) is 0.832. The SMILES string of the molecule is C[C@H](NCC(=O)NCc1ccccc1F)[C@@H]1CCCO1. The molecule has 1 amide bonds. The van der Waals surface area contributed by atoms with Gasteiger partial charge in [-0.25, -0.2) is 4.39 Å². The molecule has 4 nitrogen and oxygen atoms in total. The molecule has 5 heteroatoms. The summed E-state index contributed by atoms with van der Waals surface area (Å²) in [5.74, 6) is -0.438. The van der Waals surface area contributed by atoms with E-state index in [0.717, 1.165) is 19.4 Å². The second kappa shape index (κ2) is 7.36. The Balaban J connectivity index is 1.69. The Morgan fingerprint density at radius 3 is 3.00 bits per heavy atom. The van der Waals surface area contributed by atoms with E-state index in [2.05, 4.69) is 10.6 Å². The van der Waals surface area contributed by atoms with Crippen molar-refractivity contribution in [3.05, 3.63) is 35.6 Å². The number of hydrogen-bond donors (Lipinski definition) is 2. The van der Waals surface area contributed by atoms with Gasteiger partial charge in [-0.3, -0.25) is 4.79 Å². The van der Waals surface area contributed by atoms with Gasteiger partial charge in [-0.15, -0.1) is 0 Å². The number of benzene rings is 1. The van der Waals surface area contributed by atoms with Crippen LogP contribution in [0.2, 0.25) is 0 Å². The molecule has 2 atom stereocenters. The highest BCUT2D eigenvalue weighted by Crippen LogP contribution is 2.15. The van der Waals surface area contributed by atoms with Crippen molar-refractivity contribution in [2.45, 2.75) is 38.5 Å². The van der Waals surface area contributed by atoms with E-state index in [9.17, 15) is 9.18 Å². The van der Waals surface area contributed by atoms with Gasteiger partial charge >= 0.3 is 0 Å². The van der Waals surface area contributed by atoms with Gasteiger partial charge in [0.15, 0.2) is 0 Å². The molecule has 0 spiro atoms. The molecule has 1 heterocycles. The van der Waals surface area contributed by atoms with E-state index in [1.54, 1.807) is 18.2 Å². The number of nitrogens with one attached hydrogen (secondary N) is 2. The minimum Gasteiger partial charge on any atom is -0.377 e. The fourth-order valence-electron chi connectivity index (χ4n) is 2.28. The van der Waals surface area contributed by atoms with Gasteiger partial charge in [-0.2, -0.15) is 0 Å². The number of rotatable bonds is 6. The van der Waals surface area contributed by atoms with Crippen LogP contribution in [0.3, 0.4) is 0 Å². The first kappa shape index (κ1) is 14.9. The summed E-state index contributed by atoms with van der Waals surface area (Å²) in [5, 5.41) is 5.85. The standard InChI is InChI=1S/C15H21FN2O2/c1-11(14-7-4-8-20-14)17-10-15(19)18-9-12-5-2-3-6-13(12)16/h2-3,5-6,11,14,17H,4,7-10H2,1H3,(H,18,19)/t11-,14-/m0/s1. The number of carbonyl (C=O) groups is 1. The molecule has 2 N–H and O–H groups in total. The van der Waals surface area contributed by atoms with Crippen LogP contribution in [-0.2, 0) is 16.1 Å². The Labute approximate surface area is 118 Å². The average Bonchev–Trinajstić information content (AvgIpc) is 2.98. The minimum absolute atomic E-state index is 0.141. The van der Waals surface area contributed by atoms with Gasteiger partial charge in [0.2, 0.25) is 5.91 Å². The highest BCUT2D eigenvalue weighted by atomic mass is 19.1. The largest absolute Gasteiger partial charge is 0.377 e. The van der Waals surface area contributed by atoms with E-state index >= 15 is 0 Å². The van der Waals surface area contributed by atoms with Crippen LogP contribution in [0, 0.1) is 5.82 Å². The first-order chi connectivity index (χ1) is 9.66. The summed E-state index contributed by atoms with van der Waals surface area (Å²) >= 11 is 0. The van der Waals surface area contributed by atoms with Crippen LogP contribution < -0.4 is 10.6 Å². The van der Waals surface area contributed by atoms with Crippen molar-refractivity contribution in [2.75, 3.05) is 13.2 Å². The van der Waals surface area contributed by atoms with Gasteiger partial charge < -0.3 is 15.4 Å². The number of ether oxygens (including phenoxy) is 1. The number of amides is 1. The molecule has 2 rings (SSSR count). The Morgan fingerprint density at radius 2 is 2.30 bits per heavy atom. The summed E-state index contributed by atoms with van der Waals surface area (Å²) in [7, 11) is 0. The monoisotopic (exact) mass is 280 g/mol. The van der Waals surface area contributed by atoms with Crippen LogP contribution in [0.5, 0.6) is 0 Å². The second-order valence-corrected chi connectivity index (χ2v) is 5.09. The topological polar surface area (TPSA) is 50.4 Å². The van der Waals surface area contributed by atoms with Gasteiger partial charge in [0, 0.05) is 24.8 Å². The van der Waals surface area contributed by atoms with E-state index in [1.807, 2.05) is 6.92 Å². The van der Waals surface area contributed by atoms with Crippen molar-refractivity contribution in [3.8, 4) is 0 Å². The Bertz CT molecular complexity index is 447. The first-order valence-electron chi connectivity index (χ1n) is 7.02. The van der Waals surface area contributed by atoms with Crippen LogP contribution in [0.4, 0.5) is 4.39 Å². The Hall–Kier alpha value is -1.46. The van der Waals surface area contributed by atoms with Gasteiger partial charge in [0.05, 0.1) is 12.6 Å². The molecule has 0 unspecified atom stereocenters.